The summed E-state index contributed by atoms with van der Waals surface area (Å²) in [5.41, 5.74) is 0.628. The topological polar surface area (TPSA) is 64.4 Å². The molecule has 0 radical (unpaired) electrons. The average molecular weight is 370 g/mol. The Labute approximate surface area is 123 Å². The molecule has 98 valence electrons. The molecule has 2 aromatic carbocycles. The van der Waals surface area contributed by atoms with Gasteiger partial charge in [0.05, 0.1) is 14.6 Å². The molecule has 0 aromatic heterocycles. The van der Waals surface area contributed by atoms with Gasteiger partial charge in [-0.2, -0.15) is 0 Å². The van der Waals surface area contributed by atoms with Gasteiger partial charge >= 0.3 is 0 Å². The quantitative estimate of drug-likeness (QED) is 0.501. The molecule has 0 aliphatic rings. The van der Waals surface area contributed by atoms with Crippen LogP contribution in [0.15, 0.2) is 42.5 Å². The summed E-state index contributed by atoms with van der Waals surface area (Å²) in [6.07, 6.45) is 0. The van der Waals surface area contributed by atoms with Crippen LogP contribution in [0.5, 0.6) is 11.5 Å². The molecule has 5 nitrogen and oxygen atoms in total. The molecule has 0 bridgehead atoms. The number of hydrogen-bond donors (Lipinski definition) is 1. The first kappa shape index (κ1) is 13.6. The lowest BCUT2D eigenvalue weighted by atomic mass is 10.2. The molecule has 0 aliphatic heterocycles. The molecule has 0 fully saturated rings. The first-order valence-electron chi connectivity index (χ1n) is 5.50. The zero-order chi connectivity index (χ0) is 13.8. The van der Waals surface area contributed by atoms with Crippen molar-refractivity contribution >= 4 is 34.0 Å². The van der Waals surface area contributed by atoms with Gasteiger partial charge in [-0.15, -0.1) is 0 Å². The maximum atomic E-state index is 10.9. The Hall–Kier alpha value is -1.83. The number of rotatable bonds is 4. The van der Waals surface area contributed by atoms with Gasteiger partial charge in [0.25, 0.3) is 5.69 Å². The lowest BCUT2D eigenvalue weighted by molar-refractivity contribution is -0.384. The van der Waals surface area contributed by atoms with Crippen LogP contribution >= 0.6 is 22.6 Å². The lowest BCUT2D eigenvalue weighted by Gasteiger charge is -2.09. The number of nitro benzene ring substituents is 1. The van der Waals surface area contributed by atoms with E-state index >= 15 is 0 Å². The van der Waals surface area contributed by atoms with Crippen LogP contribution in [0.25, 0.3) is 0 Å². The van der Waals surface area contributed by atoms with Gasteiger partial charge in [-0.3, -0.25) is 10.1 Å². The van der Waals surface area contributed by atoms with Gasteiger partial charge in [0.15, 0.2) is 0 Å². The third kappa shape index (κ3) is 3.34. The third-order valence-corrected chi connectivity index (χ3v) is 3.35. The van der Waals surface area contributed by atoms with Gasteiger partial charge in [0, 0.05) is 24.9 Å². The second-order valence-corrected chi connectivity index (χ2v) is 4.92. The van der Waals surface area contributed by atoms with Crippen molar-refractivity contribution in [2.75, 3.05) is 12.4 Å². The summed E-state index contributed by atoms with van der Waals surface area (Å²) in [7, 11) is 1.70. The number of benzene rings is 2. The van der Waals surface area contributed by atoms with E-state index in [2.05, 4.69) is 27.9 Å². The summed E-state index contributed by atoms with van der Waals surface area (Å²) in [6, 6.07) is 12.1. The van der Waals surface area contributed by atoms with E-state index < -0.39 is 4.92 Å². The molecule has 0 saturated heterocycles. The van der Waals surface area contributed by atoms with Crippen LogP contribution in [-0.2, 0) is 0 Å². The van der Waals surface area contributed by atoms with E-state index in [9.17, 15) is 10.1 Å². The Morgan fingerprint density at radius 3 is 2.63 bits per heavy atom. The van der Waals surface area contributed by atoms with Crippen molar-refractivity contribution in [3.63, 3.8) is 0 Å². The Morgan fingerprint density at radius 2 is 2.00 bits per heavy atom. The maximum Gasteiger partial charge on any atom is 0.275 e. The number of ether oxygens (including phenoxy) is 1. The van der Waals surface area contributed by atoms with Gasteiger partial charge in [0.1, 0.15) is 11.5 Å². The standard InChI is InChI=1S/C13H11IN2O3/c1-15-9-6-10(16(17)18)8-11(7-9)19-13-5-3-2-4-12(13)14/h2-8,15H,1H3. The minimum absolute atomic E-state index is 0.00668. The van der Waals surface area contributed by atoms with Crippen LogP contribution < -0.4 is 10.1 Å². The number of para-hydroxylation sites is 1. The number of hydrogen-bond acceptors (Lipinski definition) is 4. The van der Waals surface area contributed by atoms with Crippen LogP contribution in [0.4, 0.5) is 11.4 Å². The van der Waals surface area contributed by atoms with Crippen molar-refractivity contribution in [2.45, 2.75) is 0 Å². The summed E-state index contributed by atoms with van der Waals surface area (Å²) >= 11 is 2.15. The predicted molar refractivity (Wildman–Crippen MR) is 81.9 cm³/mol. The van der Waals surface area contributed by atoms with E-state index in [1.807, 2.05) is 24.3 Å². The summed E-state index contributed by atoms with van der Waals surface area (Å²) in [5, 5.41) is 13.7. The highest BCUT2D eigenvalue weighted by Gasteiger charge is 2.11. The number of nitro groups is 1. The highest BCUT2D eigenvalue weighted by Crippen LogP contribution is 2.31. The van der Waals surface area contributed by atoms with Crippen molar-refractivity contribution in [1.82, 2.24) is 0 Å². The zero-order valence-electron chi connectivity index (χ0n) is 10.1. The van der Waals surface area contributed by atoms with Crippen molar-refractivity contribution in [1.29, 1.82) is 0 Å². The number of nitrogens with zero attached hydrogens (tertiary/aromatic N) is 1. The molecule has 2 aromatic rings. The van der Waals surface area contributed by atoms with Crippen molar-refractivity contribution in [2.24, 2.45) is 0 Å². The van der Waals surface area contributed by atoms with E-state index in [4.69, 9.17) is 4.74 Å². The molecule has 0 amide bonds. The second kappa shape index (κ2) is 5.87. The SMILES string of the molecule is CNc1cc(Oc2ccccc2I)cc([N+](=O)[O-])c1. The van der Waals surface area contributed by atoms with Crippen LogP contribution in [0.1, 0.15) is 0 Å². The average Bonchev–Trinajstić information content (AvgIpc) is 2.41. The molecule has 0 saturated carbocycles. The van der Waals surface area contributed by atoms with Crippen LogP contribution in [-0.4, -0.2) is 12.0 Å². The van der Waals surface area contributed by atoms with Crippen molar-refractivity contribution < 1.29 is 9.66 Å². The number of nitrogens with one attached hydrogen (secondary N) is 1. The summed E-state index contributed by atoms with van der Waals surface area (Å²) < 4.78 is 6.63. The van der Waals surface area contributed by atoms with Gasteiger partial charge in [-0.25, -0.2) is 0 Å². The normalized spacial score (nSPS) is 10.0. The van der Waals surface area contributed by atoms with E-state index in [-0.39, 0.29) is 5.69 Å². The van der Waals surface area contributed by atoms with Gasteiger partial charge in [0.2, 0.25) is 0 Å². The molecular formula is C13H11IN2O3. The van der Waals surface area contributed by atoms with Crippen molar-refractivity contribution in [3.8, 4) is 11.5 Å². The Kier molecular flexibility index (Phi) is 4.20. The Bertz CT molecular complexity index is 617. The number of non-ortho nitro benzene ring substituents is 1. The highest BCUT2D eigenvalue weighted by molar-refractivity contribution is 14.1. The van der Waals surface area contributed by atoms with Gasteiger partial charge < -0.3 is 10.1 Å². The Balaban J connectivity index is 2.37. The maximum absolute atomic E-state index is 10.9. The van der Waals surface area contributed by atoms with Gasteiger partial charge in [-0.1, -0.05) is 12.1 Å². The number of anilines is 1. The predicted octanol–water partition coefficient (Wildman–Crippen LogP) is 4.03. The first-order chi connectivity index (χ1) is 9.10. The lowest BCUT2D eigenvalue weighted by Crippen LogP contribution is -1.95. The smallest absolute Gasteiger partial charge is 0.275 e. The van der Waals surface area contributed by atoms with Crippen LogP contribution in [0.2, 0.25) is 0 Å². The molecule has 2 rings (SSSR count). The molecule has 0 heterocycles. The van der Waals surface area contributed by atoms with Crippen molar-refractivity contribution in [3.05, 3.63) is 56.1 Å². The molecule has 0 unspecified atom stereocenters. The first-order valence-corrected chi connectivity index (χ1v) is 6.57. The molecule has 0 atom stereocenters. The molecule has 0 spiro atoms. The number of halogens is 1. The molecular weight excluding hydrogens is 359 g/mol. The fraction of sp³-hybridized carbons (Fsp3) is 0.0769. The summed E-state index contributed by atoms with van der Waals surface area (Å²) in [6.45, 7) is 0. The van der Waals surface area contributed by atoms with E-state index in [1.165, 1.54) is 12.1 Å². The minimum Gasteiger partial charge on any atom is -0.456 e. The molecule has 19 heavy (non-hydrogen) atoms. The summed E-state index contributed by atoms with van der Waals surface area (Å²) in [4.78, 5) is 10.4. The second-order valence-electron chi connectivity index (χ2n) is 3.76. The van der Waals surface area contributed by atoms with Crippen LogP contribution in [0.3, 0.4) is 0 Å². The van der Waals surface area contributed by atoms with E-state index in [0.29, 0.717) is 17.2 Å². The molecule has 6 heteroatoms. The highest BCUT2D eigenvalue weighted by atomic mass is 127. The minimum atomic E-state index is -0.441. The fourth-order valence-electron chi connectivity index (χ4n) is 1.55. The summed E-state index contributed by atoms with van der Waals surface area (Å²) in [5.74, 6) is 1.10. The van der Waals surface area contributed by atoms with Crippen LogP contribution in [0, 0.1) is 13.7 Å². The largest absolute Gasteiger partial charge is 0.456 e. The van der Waals surface area contributed by atoms with Gasteiger partial charge in [-0.05, 0) is 34.7 Å². The molecule has 0 aliphatic carbocycles. The van der Waals surface area contributed by atoms with E-state index in [0.717, 1.165) is 3.57 Å². The van der Waals surface area contributed by atoms with E-state index in [1.54, 1.807) is 13.1 Å². The third-order valence-electron chi connectivity index (χ3n) is 2.46. The Morgan fingerprint density at radius 1 is 1.26 bits per heavy atom. The monoisotopic (exact) mass is 370 g/mol. The fourth-order valence-corrected chi connectivity index (χ4v) is 2.04. The molecule has 1 N–H and O–H groups in total. The zero-order valence-corrected chi connectivity index (χ0v) is 12.2.